The maximum Gasteiger partial charge on any atom is 0.257 e. The minimum absolute atomic E-state index is 0. The number of nitrogens with one attached hydrogen (secondary N) is 1. The van der Waals surface area contributed by atoms with E-state index in [0.29, 0.717) is 24.6 Å². The summed E-state index contributed by atoms with van der Waals surface area (Å²) >= 11 is 0. The van der Waals surface area contributed by atoms with Gasteiger partial charge >= 0.3 is 0 Å². The van der Waals surface area contributed by atoms with E-state index in [2.05, 4.69) is 15.3 Å². The number of hydrogen-bond acceptors (Lipinski definition) is 6. The zero-order valence-electron chi connectivity index (χ0n) is 19.6. The molecule has 0 unspecified atom stereocenters. The lowest BCUT2D eigenvalue weighted by atomic mass is 10.1. The second-order valence-corrected chi connectivity index (χ2v) is 8.01. The van der Waals surface area contributed by atoms with Crippen molar-refractivity contribution in [2.45, 2.75) is 20.4 Å². The van der Waals surface area contributed by atoms with Crippen molar-refractivity contribution in [3.8, 4) is 22.8 Å². The van der Waals surface area contributed by atoms with Crippen LogP contribution in [0.15, 0.2) is 48.7 Å². The van der Waals surface area contributed by atoms with Crippen molar-refractivity contribution >= 4 is 11.9 Å². The van der Waals surface area contributed by atoms with Gasteiger partial charge in [0.15, 0.2) is 0 Å². The van der Waals surface area contributed by atoms with Crippen LogP contribution in [0.5, 0.6) is 11.5 Å². The van der Waals surface area contributed by atoms with Crippen molar-refractivity contribution in [2.75, 3.05) is 33.1 Å². The Morgan fingerprint density at radius 1 is 1.12 bits per heavy atom. The summed E-state index contributed by atoms with van der Waals surface area (Å²) in [5.41, 5.74) is 1.50. The average Bonchev–Trinajstić information content (AvgIpc) is 2.81. The van der Waals surface area contributed by atoms with Gasteiger partial charge in [-0.3, -0.25) is 4.79 Å². The molecule has 0 aliphatic carbocycles. The number of halogens is 1. The lowest BCUT2D eigenvalue weighted by Gasteiger charge is -2.21. The topological polar surface area (TPSA) is 76.6 Å². The van der Waals surface area contributed by atoms with Crippen LogP contribution < -0.4 is 14.8 Å². The predicted octanol–water partition coefficient (Wildman–Crippen LogP) is 4.89. The molecular weight excluding hydrogens is 423 g/mol. The van der Waals surface area contributed by atoms with E-state index >= 15 is 0 Å². The van der Waals surface area contributed by atoms with Crippen LogP contribution in [0.2, 0.25) is 0 Å². The number of nitrogens with zero attached hydrogens (tertiary/aromatic N) is 3. The number of rotatable bonds is 9. The summed E-state index contributed by atoms with van der Waals surface area (Å²) in [4.78, 5) is 23.6. The highest BCUT2D eigenvalue weighted by atomic mass is 19.1. The van der Waals surface area contributed by atoms with E-state index in [4.69, 9.17) is 9.47 Å². The number of amides is 1. The molecular formula is C25H31FN4O3. The predicted molar refractivity (Wildman–Crippen MR) is 128 cm³/mol. The fourth-order valence-corrected chi connectivity index (χ4v) is 3.59. The van der Waals surface area contributed by atoms with E-state index in [9.17, 15) is 9.18 Å². The van der Waals surface area contributed by atoms with Crippen molar-refractivity contribution in [3.63, 3.8) is 0 Å². The molecule has 0 saturated carbocycles. The van der Waals surface area contributed by atoms with Crippen molar-refractivity contribution in [2.24, 2.45) is 5.92 Å². The molecule has 0 bridgehead atoms. The molecule has 0 aliphatic heterocycles. The molecule has 0 fully saturated rings. The summed E-state index contributed by atoms with van der Waals surface area (Å²) in [7, 11) is 4.88. The zero-order valence-corrected chi connectivity index (χ0v) is 19.6. The zero-order chi connectivity index (χ0) is 24.0. The third-order valence-corrected chi connectivity index (χ3v) is 5.09. The summed E-state index contributed by atoms with van der Waals surface area (Å²) < 4.78 is 25.5. The number of hydrogen-bond donors (Lipinski definition) is 1. The summed E-state index contributed by atoms with van der Waals surface area (Å²) in [5, 5.41) is 3.14. The number of ether oxygens (including phenoxy) is 2. The maximum atomic E-state index is 14.7. The fraction of sp³-hybridized carbons (Fsp3) is 0.320. The van der Waals surface area contributed by atoms with Crippen molar-refractivity contribution < 1.29 is 20.1 Å². The highest BCUT2D eigenvalue weighted by molar-refractivity contribution is 5.99. The molecule has 0 saturated heterocycles. The highest BCUT2D eigenvalue weighted by Gasteiger charge is 2.22. The van der Waals surface area contributed by atoms with Gasteiger partial charge in [0.25, 0.3) is 5.91 Å². The van der Waals surface area contributed by atoms with Gasteiger partial charge in [0.05, 0.1) is 37.6 Å². The largest absolute Gasteiger partial charge is 0.496 e. The van der Waals surface area contributed by atoms with Gasteiger partial charge in [-0.05, 0) is 30.2 Å². The van der Waals surface area contributed by atoms with Crippen LogP contribution >= 0.6 is 0 Å². The monoisotopic (exact) mass is 454 g/mol. The Hall–Kier alpha value is -3.68. The number of benzene rings is 2. The van der Waals surface area contributed by atoms with Gasteiger partial charge in [-0.1, -0.05) is 32.0 Å². The van der Waals surface area contributed by atoms with Gasteiger partial charge in [-0.15, -0.1) is 0 Å². The lowest BCUT2D eigenvalue weighted by molar-refractivity contribution is 0.0779. The van der Waals surface area contributed by atoms with Crippen molar-refractivity contribution in [1.82, 2.24) is 14.9 Å². The van der Waals surface area contributed by atoms with E-state index in [0.717, 1.165) is 5.56 Å². The van der Waals surface area contributed by atoms with Crippen LogP contribution in [0.25, 0.3) is 11.3 Å². The van der Waals surface area contributed by atoms with Gasteiger partial charge < -0.3 is 19.7 Å². The smallest absolute Gasteiger partial charge is 0.257 e. The number of aromatic nitrogens is 2. The molecule has 0 spiro atoms. The molecule has 7 nitrogen and oxygen atoms in total. The highest BCUT2D eigenvalue weighted by Crippen LogP contribution is 2.30. The molecule has 1 aromatic heterocycles. The molecule has 1 heterocycles. The summed E-state index contributed by atoms with van der Waals surface area (Å²) in [6, 6.07) is 11.7. The Balaban J connectivity index is 0.00000408. The van der Waals surface area contributed by atoms with Gasteiger partial charge in [0.1, 0.15) is 17.3 Å². The van der Waals surface area contributed by atoms with Crippen LogP contribution in [0.3, 0.4) is 0 Å². The van der Waals surface area contributed by atoms with E-state index in [1.807, 2.05) is 32.0 Å². The quantitative estimate of drug-likeness (QED) is 0.496. The van der Waals surface area contributed by atoms with Crippen molar-refractivity contribution in [3.05, 3.63) is 65.6 Å². The second-order valence-electron chi connectivity index (χ2n) is 8.01. The van der Waals surface area contributed by atoms with Crippen LogP contribution in [-0.2, 0) is 6.54 Å². The minimum Gasteiger partial charge on any atom is -0.496 e. The van der Waals surface area contributed by atoms with Gasteiger partial charge in [0.2, 0.25) is 5.95 Å². The third kappa shape index (κ3) is 5.58. The van der Waals surface area contributed by atoms with Crippen LogP contribution in [0.4, 0.5) is 10.3 Å². The number of methoxy groups -OCH3 is 2. The number of carbonyl (C=O) groups excluding carboxylic acids is 1. The molecule has 0 atom stereocenters. The lowest BCUT2D eigenvalue weighted by Crippen LogP contribution is -2.31. The number of carbonyl (C=O) groups is 1. The average molecular weight is 455 g/mol. The first-order valence-corrected chi connectivity index (χ1v) is 10.7. The fourth-order valence-electron chi connectivity index (χ4n) is 3.59. The molecule has 2 aromatic carbocycles. The van der Waals surface area contributed by atoms with E-state index in [-0.39, 0.29) is 36.0 Å². The maximum absolute atomic E-state index is 14.7. The Morgan fingerprint density at radius 2 is 1.79 bits per heavy atom. The molecule has 8 heteroatoms. The van der Waals surface area contributed by atoms with Gasteiger partial charge in [-0.25, -0.2) is 14.4 Å². The second kappa shape index (κ2) is 10.8. The Morgan fingerprint density at radius 3 is 2.39 bits per heavy atom. The first-order valence-electron chi connectivity index (χ1n) is 10.7. The SMILES string of the molecule is COc1cccc(OC)c1CNc1ncc(C(=O)N(C)CC(C)C)c(-c2ccccc2F)n1.[HH]. The standard InChI is InChI=1S/C25H29FN4O3.H2/c1-16(2)15-30(3)24(31)19-14-28-25(29-23(19)17-9-6-7-10-20(17)26)27-13-18-21(32-4)11-8-12-22(18)33-5;/h6-12,14,16H,13,15H2,1-5H3,(H,27,28,29);1H. The summed E-state index contributed by atoms with van der Waals surface area (Å²) in [6.45, 7) is 4.92. The summed E-state index contributed by atoms with van der Waals surface area (Å²) in [6.07, 6.45) is 1.44. The Labute approximate surface area is 195 Å². The van der Waals surface area contributed by atoms with Crippen LogP contribution in [0.1, 0.15) is 31.2 Å². The Bertz CT molecular complexity index is 1100. The molecule has 1 N–H and O–H groups in total. The molecule has 176 valence electrons. The van der Waals surface area contributed by atoms with Crippen LogP contribution in [-0.4, -0.2) is 48.6 Å². The van der Waals surface area contributed by atoms with Gasteiger partial charge in [-0.2, -0.15) is 0 Å². The van der Waals surface area contributed by atoms with Crippen molar-refractivity contribution in [1.29, 1.82) is 0 Å². The third-order valence-electron chi connectivity index (χ3n) is 5.09. The summed E-state index contributed by atoms with van der Waals surface area (Å²) in [5.74, 6) is 1.11. The molecule has 0 aliphatic rings. The Kier molecular flexibility index (Phi) is 7.82. The van der Waals surface area contributed by atoms with Gasteiger partial charge in [0, 0.05) is 26.8 Å². The van der Waals surface area contributed by atoms with E-state index in [1.165, 1.54) is 12.3 Å². The minimum atomic E-state index is -0.464. The molecule has 3 aromatic rings. The molecule has 0 radical (unpaired) electrons. The number of anilines is 1. The first-order chi connectivity index (χ1) is 15.8. The normalized spacial score (nSPS) is 10.8. The van der Waals surface area contributed by atoms with E-state index < -0.39 is 5.82 Å². The first kappa shape index (κ1) is 24.0. The molecule has 3 rings (SSSR count). The molecule has 33 heavy (non-hydrogen) atoms. The molecule has 1 amide bonds. The van der Waals surface area contributed by atoms with E-state index in [1.54, 1.807) is 44.4 Å². The van der Waals surface area contributed by atoms with Crippen LogP contribution in [0, 0.1) is 11.7 Å².